The van der Waals surface area contributed by atoms with Crippen LogP contribution in [0.15, 0.2) is 65.1 Å². The van der Waals surface area contributed by atoms with E-state index in [1.807, 2.05) is 18.2 Å². The minimum absolute atomic E-state index is 0.0103. The SMILES string of the molecule is O=C(C=Cc1ccccc1OC(F)F)c1cc2ccccc2o1. The number of para-hydroxylation sites is 2. The van der Waals surface area contributed by atoms with Crippen LogP contribution in [0.5, 0.6) is 5.75 Å². The minimum atomic E-state index is -2.92. The summed E-state index contributed by atoms with van der Waals surface area (Å²) >= 11 is 0. The van der Waals surface area contributed by atoms with Crippen molar-refractivity contribution >= 4 is 22.8 Å². The lowest BCUT2D eigenvalue weighted by atomic mass is 10.1. The average molecular weight is 314 g/mol. The van der Waals surface area contributed by atoms with E-state index in [-0.39, 0.29) is 17.3 Å². The number of hydrogen-bond acceptors (Lipinski definition) is 3. The molecule has 3 nitrogen and oxygen atoms in total. The zero-order valence-electron chi connectivity index (χ0n) is 11.9. The molecule has 23 heavy (non-hydrogen) atoms. The van der Waals surface area contributed by atoms with E-state index in [0.717, 1.165) is 5.39 Å². The highest BCUT2D eigenvalue weighted by molar-refractivity contribution is 6.07. The second kappa shape index (κ2) is 6.44. The maximum Gasteiger partial charge on any atom is 0.387 e. The van der Waals surface area contributed by atoms with E-state index in [1.54, 1.807) is 30.3 Å². The molecule has 1 heterocycles. The molecule has 0 saturated heterocycles. The second-order valence-corrected chi connectivity index (χ2v) is 4.76. The molecule has 116 valence electrons. The first-order chi connectivity index (χ1) is 11.1. The summed E-state index contributed by atoms with van der Waals surface area (Å²) in [5.41, 5.74) is 1.00. The summed E-state index contributed by atoms with van der Waals surface area (Å²) < 4.78 is 34.6. The fraction of sp³-hybridized carbons (Fsp3) is 0.0556. The van der Waals surface area contributed by atoms with Gasteiger partial charge in [0.05, 0.1) is 0 Å². The summed E-state index contributed by atoms with van der Waals surface area (Å²) in [7, 11) is 0. The number of ether oxygens (including phenoxy) is 1. The van der Waals surface area contributed by atoms with Gasteiger partial charge in [-0.15, -0.1) is 0 Å². The maximum absolute atomic E-state index is 12.4. The molecule has 0 N–H and O–H groups in total. The fourth-order valence-electron chi connectivity index (χ4n) is 2.17. The zero-order chi connectivity index (χ0) is 16.2. The van der Waals surface area contributed by atoms with Crippen LogP contribution in [-0.2, 0) is 0 Å². The van der Waals surface area contributed by atoms with Crippen LogP contribution in [0.3, 0.4) is 0 Å². The highest BCUT2D eigenvalue weighted by Crippen LogP contribution is 2.23. The van der Waals surface area contributed by atoms with E-state index in [4.69, 9.17) is 4.42 Å². The van der Waals surface area contributed by atoms with E-state index in [2.05, 4.69) is 4.74 Å². The van der Waals surface area contributed by atoms with Gasteiger partial charge in [0, 0.05) is 10.9 Å². The van der Waals surface area contributed by atoms with Crippen LogP contribution < -0.4 is 4.74 Å². The highest BCUT2D eigenvalue weighted by atomic mass is 19.3. The summed E-state index contributed by atoms with van der Waals surface area (Å²) in [6.45, 7) is -2.92. The van der Waals surface area contributed by atoms with Gasteiger partial charge in [0.2, 0.25) is 5.78 Å². The van der Waals surface area contributed by atoms with Crippen molar-refractivity contribution < 1.29 is 22.7 Å². The van der Waals surface area contributed by atoms with Gasteiger partial charge in [0.15, 0.2) is 5.76 Å². The lowest BCUT2D eigenvalue weighted by molar-refractivity contribution is -0.0499. The summed E-state index contributed by atoms with van der Waals surface area (Å²) in [4.78, 5) is 12.2. The fourth-order valence-corrected chi connectivity index (χ4v) is 2.17. The predicted molar refractivity (Wildman–Crippen MR) is 82.7 cm³/mol. The van der Waals surface area contributed by atoms with Crippen LogP contribution in [0.25, 0.3) is 17.0 Å². The standard InChI is InChI=1S/C18H12F2O3/c19-18(20)23-15-7-3-1-5-12(15)9-10-14(21)17-11-13-6-2-4-8-16(13)22-17/h1-11,18H. The Morgan fingerprint density at radius 1 is 1.09 bits per heavy atom. The monoisotopic (exact) mass is 314 g/mol. The van der Waals surface area contributed by atoms with Crippen molar-refractivity contribution in [2.24, 2.45) is 0 Å². The molecule has 2 aromatic carbocycles. The van der Waals surface area contributed by atoms with Gasteiger partial charge < -0.3 is 9.15 Å². The van der Waals surface area contributed by atoms with Gasteiger partial charge in [0.25, 0.3) is 0 Å². The summed E-state index contributed by atoms with van der Waals surface area (Å²) in [5, 5.41) is 0.825. The van der Waals surface area contributed by atoms with Crippen LogP contribution in [0.1, 0.15) is 16.1 Å². The van der Waals surface area contributed by atoms with Crippen molar-refractivity contribution in [1.82, 2.24) is 0 Å². The summed E-state index contributed by atoms with van der Waals surface area (Å²) in [6, 6.07) is 15.2. The van der Waals surface area contributed by atoms with E-state index in [9.17, 15) is 13.6 Å². The molecule has 0 aliphatic carbocycles. The number of hydrogen-bond donors (Lipinski definition) is 0. The molecule has 0 bridgehead atoms. The Labute approximate surface area is 130 Å². The molecule has 0 saturated carbocycles. The quantitative estimate of drug-likeness (QED) is 0.495. The van der Waals surface area contributed by atoms with Crippen molar-refractivity contribution in [2.45, 2.75) is 6.61 Å². The number of rotatable bonds is 5. The topological polar surface area (TPSA) is 39.4 Å². The van der Waals surface area contributed by atoms with Crippen LogP contribution in [0.4, 0.5) is 8.78 Å². The third-order valence-corrected chi connectivity index (χ3v) is 3.22. The van der Waals surface area contributed by atoms with Gasteiger partial charge in [-0.05, 0) is 30.4 Å². The highest BCUT2D eigenvalue weighted by Gasteiger charge is 2.10. The Hall–Kier alpha value is -2.95. The molecule has 0 aliphatic heterocycles. The summed E-state index contributed by atoms with van der Waals surface area (Å²) in [6.07, 6.45) is 2.69. The number of carbonyl (C=O) groups is 1. The molecular formula is C18H12F2O3. The first kappa shape index (κ1) is 15.0. The molecule has 3 aromatic rings. The Morgan fingerprint density at radius 3 is 2.61 bits per heavy atom. The molecule has 0 amide bonds. The normalized spacial score (nSPS) is 11.4. The first-order valence-corrected chi connectivity index (χ1v) is 6.88. The van der Waals surface area contributed by atoms with E-state index in [1.165, 1.54) is 18.2 Å². The maximum atomic E-state index is 12.4. The van der Waals surface area contributed by atoms with Gasteiger partial charge in [-0.3, -0.25) is 4.79 Å². The van der Waals surface area contributed by atoms with Crippen molar-refractivity contribution in [3.63, 3.8) is 0 Å². The van der Waals surface area contributed by atoms with Crippen molar-refractivity contribution in [2.75, 3.05) is 0 Å². The molecule has 0 unspecified atom stereocenters. The molecule has 0 radical (unpaired) electrons. The predicted octanol–water partition coefficient (Wildman–Crippen LogP) is 4.93. The molecule has 3 rings (SSSR count). The molecule has 1 aromatic heterocycles. The molecular weight excluding hydrogens is 302 g/mol. The average Bonchev–Trinajstić information content (AvgIpc) is 2.97. The zero-order valence-corrected chi connectivity index (χ0v) is 11.9. The molecule has 0 fully saturated rings. The number of furan rings is 1. The van der Waals surface area contributed by atoms with Crippen LogP contribution in [0, 0.1) is 0 Å². The van der Waals surface area contributed by atoms with Crippen LogP contribution >= 0.6 is 0 Å². The molecule has 0 atom stereocenters. The number of allylic oxidation sites excluding steroid dienone is 1. The van der Waals surface area contributed by atoms with Gasteiger partial charge in [-0.2, -0.15) is 8.78 Å². The Bertz CT molecular complexity index is 832. The van der Waals surface area contributed by atoms with Crippen molar-refractivity contribution in [3.05, 3.63) is 72.0 Å². The number of fused-ring (bicyclic) bond motifs is 1. The molecule has 0 spiro atoms. The van der Waals surface area contributed by atoms with Gasteiger partial charge in [-0.1, -0.05) is 36.4 Å². The third-order valence-electron chi connectivity index (χ3n) is 3.22. The van der Waals surface area contributed by atoms with E-state index < -0.39 is 6.61 Å². The number of halogens is 2. The Morgan fingerprint density at radius 2 is 1.83 bits per heavy atom. The smallest absolute Gasteiger partial charge is 0.387 e. The largest absolute Gasteiger partial charge is 0.453 e. The third kappa shape index (κ3) is 3.45. The van der Waals surface area contributed by atoms with Gasteiger partial charge in [0.1, 0.15) is 11.3 Å². The van der Waals surface area contributed by atoms with Crippen LogP contribution in [-0.4, -0.2) is 12.4 Å². The molecule has 5 heteroatoms. The minimum Gasteiger partial charge on any atom is -0.453 e. The van der Waals surface area contributed by atoms with E-state index >= 15 is 0 Å². The second-order valence-electron chi connectivity index (χ2n) is 4.76. The van der Waals surface area contributed by atoms with E-state index in [0.29, 0.717) is 11.1 Å². The number of ketones is 1. The molecule has 0 aliphatic rings. The lowest BCUT2D eigenvalue weighted by Crippen LogP contribution is -2.03. The van der Waals surface area contributed by atoms with Crippen molar-refractivity contribution in [3.8, 4) is 5.75 Å². The van der Waals surface area contributed by atoms with Gasteiger partial charge in [-0.25, -0.2) is 0 Å². The van der Waals surface area contributed by atoms with Crippen LogP contribution in [0.2, 0.25) is 0 Å². The number of benzene rings is 2. The Kier molecular flexibility index (Phi) is 4.19. The number of alkyl halides is 2. The lowest BCUT2D eigenvalue weighted by Gasteiger charge is -2.06. The first-order valence-electron chi connectivity index (χ1n) is 6.88. The summed E-state index contributed by atoms with van der Waals surface area (Å²) in [5.74, 6) is -0.154. The van der Waals surface area contributed by atoms with Crippen molar-refractivity contribution in [1.29, 1.82) is 0 Å². The Balaban J connectivity index is 1.83. The van der Waals surface area contributed by atoms with Gasteiger partial charge >= 0.3 is 6.61 Å². The number of carbonyl (C=O) groups excluding carboxylic acids is 1.